The molecule has 0 radical (unpaired) electrons. The van der Waals surface area contributed by atoms with E-state index in [4.69, 9.17) is 14.7 Å². The average molecular weight is 387 g/mol. The van der Waals surface area contributed by atoms with Crippen molar-refractivity contribution >= 4 is 27.3 Å². The zero-order valence-corrected chi connectivity index (χ0v) is 16.1. The first kappa shape index (κ1) is 17.0. The number of ketones is 1. The lowest BCUT2D eigenvalue weighted by Crippen LogP contribution is -1.97. The minimum absolute atomic E-state index is 0.0329. The van der Waals surface area contributed by atoms with Gasteiger partial charge < -0.3 is 4.74 Å². The van der Waals surface area contributed by atoms with E-state index in [1.807, 2.05) is 12.1 Å². The van der Waals surface area contributed by atoms with Gasteiger partial charge in [-0.05, 0) is 68.1 Å². The number of rotatable bonds is 4. The highest BCUT2D eigenvalue weighted by Crippen LogP contribution is 2.42. The summed E-state index contributed by atoms with van der Waals surface area (Å²) in [6, 6.07) is 11.0. The van der Waals surface area contributed by atoms with E-state index >= 15 is 0 Å². The van der Waals surface area contributed by atoms with Gasteiger partial charge in [0.25, 0.3) is 0 Å². The van der Waals surface area contributed by atoms with Crippen LogP contribution >= 0.6 is 11.3 Å². The molecule has 0 N–H and O–H groups in total. The van der Waals surface area contributed by atoms with Gasteiger partial charge in [-0.15, -0.1) is 11.3 Å². The number of carbonyl (C=O) groups excluding carboxylic acids is 1. The summed E-state index contributed by atoms with van der Waals surface area (Å²) in [7, 11) is 0. The molecule has 5 nitrogen and oxygen atoms in total. The first-order valence-electron chi connectivity index (χ1n) is 9.20. The number of aromatic nitrogens is 3. The molecular weight excluding hydrogens is 370 g/mol. The third kappa shape index (κ3) is 2.96. The zero-order valence-electron chi connectivity index (χ0n) is 15.3. The van der Waals surface area contributed by atoms with Crippen LogP contribution in [0.25, 0.3) is 21.6 Å². The maximum Gasteiger partial charge on any atom is 0.231 e. The fourth-order valence-corrected chi connectivity index (χ4v) is 4.78. The van der Waals surface area contributed by atoms with Gasteiger partial charge in [-0.2, -0.15) is 4.98 Å². The van der Waals surface area contributed by atoms with Crippen molar-refractivity contribution in [2.45, 2.75) is 26.2 Å². The summed E-state index contributed by atoms with van der Waals surface area (Å²) in [5, 5.41) is 1.01. The summed E-state index contributed by atoms with van der Waals surface area (Å²) in [6.07, 6.45) is 6.77. The Morgan fingerprint density at radius 3 is 2.71 bits per heavy atom. The fourth-order valence-electron chi connectivity index (χ4n) is 3.53. The average Bonchev–Trinajstić information content (AvgIpc) is 3.30. The molecule has 3 aromatic heterocycles. The second-order valence-electron chi connectivity index (χ2n) is 6.81. The van der Waals surface area contributed by atoms with Crippen molar-refractivity contribution in [2.75, 3.05) is 0 Å². The largest absolute Gasteiger partial charge is 0.438 e. The minimum atomic E-state index is 0.0329. The molecule has 1 aromatic carbocycles. The number of benzene rings is 1. The number of nitrogens with zero attached hydrogens (tertiary/aromatic N) is 3. The normalized spacial score (nSPS) is 12.9. The van der Waals surface area contributed by atoms with Crippen LogP contribution in [-0.4, -0.2) is 20.7 Å². The lowest BCUT2D eigenvalue weighted by atomic mass is 10.1. The molecule has 0 amide bonds. The molecule has 28 heavy (non-hydrogen) atoms. The van der Waals surface area contributed by atoms with E-state index in [2.05, 4.69) is 4.98 Å². The molecule has 1 aliphatic rings. The predicted molar refractivity (Wildman–Crippen MR) is 109 cm³/mol. The molecule has 0 spiro atoms. The Morgan fingerprint density at radius 2 is 1.96 bits per heavy atom. The number of ether oxygens (including phenoxy) is 1. The highest BCUT2D eigenvalue weighted by Gasteiger charge is 2.24. The van der Waals surface area contributed by atoms with Crippen molar-refractivity contribution in [1.82, 2.24) is 15.0 Å². The van der Waals surface area contributed by atoms with Crippen LogP contribution in [0.5, 0.6) is 11.6 Å². The smallest absolute Gasteiger partial charge is 0.231 e. The van der Waals surface area contributed by atoms with E-state index in [-0.39, 0.29) is 5.78 Å². The Balaban J connectivity index is 1.64. The maximum absolute atomic E-state index is 11.5. The van der Waals surface area contributed by atoms with Crippen molar-refractivity contribution in [2.24, 2.45) is 0 Å². The molecule has 3 heterocycles. The Kier molecular flexibility index (Phi) is 4.13. The van der Waals surface area contributed by atoms with Crippen LogP contribution in [0, 0.1) is 0 Å². The molecule has 0 atom stereocenters. The minimum Gasteiger partial charge on any atom is -0.438 e. The van der Waals surface area contributed by atoms with E-state index in [9.17, 15) is 4.79 Å². The van der Waals surface area contributed by atoms with Crippen LogP contribution < -0.4 is 4.74 Å². The second-order valence-corrected chi connectivity index (χ2v) is 7.90. The van der Waals surface area contributed by atoms with Gasteiger partial charge in [0.2, 0.25) is 5.88 Å². The molecule has 138 valence electrons. The standard InChI is InChI=1S/C22H17N3O2S/c1-13(26)14-7-9-16(10-8-14)27-21-19-17-5-2-6-18(17)28-22(19)25-20(24-21)15-4-3-11-23-12-15/h3-4,7-12H,2,5-6H2,1H3. The molecule has 0 aliphatic heterocycles. The monoisotopic (exact) mass is 387 g/mol. The Labute approximate surface area is 166 Å². The summed E-state index contributed by atoms with van der Waals surface area (Å²) < 4.78 is 6.20. The molecule has 0 unspecified atom stereocenters. The van der Waals surface area contributed by atoms with Gasteiger partial charge in [0.15, 0.2) is 11.6 Å². The topological polar surface area (TPSA) is 65.0 Å². The molecule has 6 heteroatoms. The number of aryl methyl sites for hydroxylation is 2. The summed E-state index contributed by atoms with van der Waals surface area (Å²) in [5.41, 5.74) is 2.83. The molecule has 0 saturated carbocycles. The zero-order chi connectivity index (χ0) is 19.1. The van der Waals surface area contributed by atoms with Crippen LogP contribution in [0.3, 0.4) is 0 Å². The first-order chi connectivity index (χ1) is 13.7. The fraction of sp³-hybridized carbons (Fsp3) is 0.182. The summed E-state index contributed by atoms with van der Waals surface area (Å²) >= 11 is 1.73. The van der Waals surface area contributed by atoms with Gasteiger partial charge in [0.05, 0.1) is 5.39 Å². The Morgan fingerprint density at radius 1 is 1.11 bits per heavy atom. The van der Waals surface area contributed by atoms with Crippen LogP contribution in [0.2, 0.25) is 0 Å². The Hall–Kier alpha value is -3.12. The number of fused-ring (bicyclic) bond motifs is 3. The van der Waals surface area contributed by atoms with E-state index in [0.29, 0.717) is 23.0 Å². The SMILES string of the molecule is CC(=O)c1ccc(Oc2nc(-c3cccnc3)nc3sc4c(c23)CCC4)cc1. The number of carbonyl (C=O) groups is 1. The van der Waals surface area contributed by atoms with Gasteiger partial charge in [-0.25, -0.2) is 4.98 Å². The van der Waals surface area contributed by atoms with Crippen molar-refractivity contribution in [3.05, 3.63) is 64.8 Å². The quantitative estimate of drug-likeness (QED) is 0.448. The van der Waals surface area contributed by atoms with Crippen molar-refractivity contribution in [1.29, 1.82) is 0 Å². The number of hydrogen-bond acceptors (Lipinski definition) is 6. The first-order valence-corrected chi connectivity index (χ1v) is 10.0. The molecule has 0 bridgehead atoms. The van der Waals surface area contributed by atoms with E-state index in [1.54, 1.807) is 54.9 Å². The highest BCUT2D eigenvalue weighted by molar-refractivity contribution is 7.19. The highest BCUT2D eigenvalue weighted by atomic mass is 32.1. The second kappa shape index (κ2) is 6.80. The van der Waals surface area contributed by atoms with Crippen molar-refractivity contribution in [3.8, 4) is 23.0 Å². The molecule has 4 aromatic rings. The van der Waals surface area contributed by atoms with Crippen LogP contribution in [0.4, 0.5) is 0 Å². The van der Waals surface area contributed by atoms with Gasteiger partial charge >= 0.3 is 0 Å². The Bertz CT molecular complexity index is 1180. The van der Waals surface area contributed by atoms with Gasteiger partial charge in [0.1, 0.15) is 10.6 Å². The number of thiophene rings is 1. The molecular formula is C22H17N3O2S. The third-order valence-electron chi connectivity index (χ3n) is 4.93. The maximum atomic E-state index is 11.5. The molecule has 0 fully saturated rings. The molecule has 5 rings (SSSR count). The van der Waals surface area contributed by atoms with Crippen LogP contribution in [0.15, 0.2) is 48.8 Å². The van der Waals surface area contributed by atoms with Crippen LogP contribution in [0.1, 0.15) is 34.1 Å². The molecule has 1 aliphatic carbocycles. The summed E-state index contributed by atoms with van der Waals surface area (Å²) in [4.78, 5) is 27.6. The van der Waals surface area contributed by atoms with E-state index in [1.165, 1.54) is 10.4 Å². The van der Waals surface area contributed by atoms with Crippen LogP contribution in [-0.2, 0) is 12.8 Å². The predicted octanol–water partition coefficient (Wildman–Crippen LogP) is 5.24. The van der Waals surface area contributed by atoms with E-state index < -0.39 is 0 Å². The summed E-state index contributed by atoms with van der Waals surface area (Å²) in [5.74, 6) is 1.86. The van der Waals surface area contributed by atoms with Gasteiger partial charge in [0, 0.05) is 28.4 Å². The third-order valence-corrected chi connectivity index (χ3v) is 6.11. The van der Waals surface area contributed by atoms with Crippen molar-refractivity contribution < 1.29 is 9.53 Å². The lowest BCUT2D eigenvalue weighted by Gasteiger charge is -2.09. The lowest BCUT2D eigenvalue weighted by molar-refractivity contribution is 0.101. The van der Waals surface area contributed by atoms with Gasteiger partial charge in [-0.1, -0.05) is 0 Å². The van der Waals surface area contributed by atoms with E-state index in [0.717, 1.165) is 35.0 Å². The number of Topliss-reactive ketones (excluding diaryl/α,β-unsaturated/α-hetero) is 1. The number of hydrogen-bond donors (Lipinski definition) is 0. The van der Waals surface area contributed by atoms with Crippen molar-refractivity contribution in [3.63, 3.8) is 0 Å². The molecule has 0 saturated heterocycles. The summed E-state index contributed by atoms with van der Waals surface area (Å²) in [6.45, 7) is 1.55. The number of pyridine rings is 1. The van der Waals surface area contributed by atoms with Gasteiger partial charge in [-0.3, -0.25) is 9.78 Å².